The number of thiazole rings is 1. The lowest BCUT2D eigenvalue weighted by molar-refractivity contribution is -0.141. The van der Waals surface area contributed by atoms with Gasteiger partial charge >= 0.3 is 0 Å². The summed E-state index contributed by atoms with van der Waals surface area (Å²) in [6, 6.07) is 10.8. The number of likely N-dealkylation sites (tertiary alicyclic amines) is 1. The van der Waals surface area contributed by atoms with Crippen LogP contribution in [0.5, 0.6) is 17.4 Å². The van der Waals surface area contributed by atoms with Crippen LogP contribution in [-0.4, -0.2) is 90.7 Å². The Hall–Kier alpha value is -4.93. The summed E-state index contributed by atoms with van der Waals surface area (Å²) in [6.07, 6.45) is 5.54. The van der Waals surface area contributed by atoms with E-state index in [9.17, 15) is 22.8 Å². The molecule has 3 amide bonds. The van der Waals surface area contributed by atoms with Crippen LogP contribution in [0.1, 0.15) is 53.4 Å². The fourth-order valence-electron chi connectivity index (χ4n) is 7.33. The number of amides is 3. The number of carbonyl (C=O) groups is 3. The smallest absolute Gasteiger partial charge is 0.259 e. The Morgan fingerprint density at radius 2 is 1.81 bits per heavy atom. The summed E-state index contributed by atoms with van der Waals surface area (Å²) >= 11 is 7.74. The third kappa shape index (κ3) is 8.45. The van der Waals surface area contributed by atoms with Crippen LogP contribution in [0.15, 0.2) is 66.2 Å². The molecule has 2 aliphatic carbocycles. The van der Waals surface area contributed by atoms with Crippen LogP contribution >= 0.6 is 22.9 Å². The number of aromatic nitrogens is 2. The zero-order chi connectivity index (χ0) is 41.6. The molecule has 7 rings (SSSR count). The SMILES string of the molecule is C/C=C\[C@@H]1C[C@]1(NC(=O)[C@@H]1C[C@@H](Oc2ncc(OC)c3ccc(Cl)cc23)CN1C(=O)[C@@H](Nc1nc(-c2ccc(OC)cc2)cs1)C(C)(C)C)C(=O)NS(=O)(=O)C1CC1. The molecule has 2 aromatic heterocycles. The minimum Gasteiger partial charge on any atom is -0.497 e. The Morgan fingerprint density at radius 3 is 2.47 bits per heavy atom. The van der Waals surface area contributed by atoms with E-state index >= 15 is 0 Å². The van der Waals surface area contributed by atoms with Gasteiger partial charge in [0.05, 0.1) is 37.9 Å². The van der Waals surface area contributed by atoms with Gasteiger partial charge in [-0.3, -0.25) is 19.1 Å². The Bertz CT molecular complexity index is 2360. The molecule has 308 valence electrons. The quantitative estimate of drug-likeness (QED) is 0.128. The summed E-state index contributed by atoms with van der Waals surface area (Å²) in [7, 11) is -0.758. The lowest BCUT2D eigenvalue weighted by atomic mass is 9.85. The second kappa shape index (κ2) is 16.0. The second-order valence-electron chi connectivity index (χ2n) is 16.0. The molecule has 0 unspecified atom stereocenters. The van der Waals surface area contributed by atoms with Gasteiger partial charge in [-0.25, -0.2) is 18.4 Å². The first kappa shape index (κ1) is 41.2. The number of hydrogen-bond donors (Lipinski definition) is 3. The van der Waals surface area contributed by atoms with Crippen LogP contribution in [0.2, 0.25) is 5.02 Å². The van der Waals surface area contributed by atoms with E-state index < -0.39 is 62.1 Å². The van der Waals surface area contributed by atoms with E-state index in [1.807, 2.05) is 50.4 Å². The van der Waals surface area contributed by atoms with Crippen molar-refractivity contribution < 1.29 is 37.0 Å². The van der Waals surface area contributed by atoms with Gasteiger partial charge < -0.3 is 29.7 Å². The number of nitrogens with zero attached hydrogens (tertiary/aromatic N) is 3. The molecule has 3 N–H and O–H groups in total. The number of benzene rings is 2. The first-order chi connectivity index (χ1) is 27.6. The van der Waals surface area contributed by atoms with Crippen molar-refractivity contribution in [3.8, 4) is 28.6 Å². The molecule has 0 bridgehead atoms. The number of methoxy groups -OCH3 is 2. The zero-order valence-corrected chi connectivity index (χ0v) is 35.5. The monoisotopic (exact) mass is 850 g/mol. The van der Waals surface area contributed by atoms with Gasteiger partial charge in [0.15, 0.2) is 5.13 Å². The fraction of sp³-hybridized carbons (Fsp3) is 0.439. The topological polar surface area (TPSA) is 178 Å². The van der Waals surface area contributed by atoms with Gasteiger partial charge in [0.25, 0.3) is 5.91 Å². The number of sulfonamides is 1. The molecule has 5 atom stereocenters. The minimum atomic E-state index is -3.90. The second-order valence-corrected chi connectivity index (χ2v) is 19.2. The predicted octanol–water partition coefficient (Wildman–Crippen LogP) is 5.96. The molecule has 0 radical (unpaired) electrons. The van der Waals surface area contributed by atoms with Crippen molar-refractivity contribution in [2.24, 2.45) is 11.3 Å². The average Bonchev–Trinajstić information content (AvgIpc) is 4.07. The molecule has 58 heavy (non-hydrogen) atoms. The van der Waals surface area contributed by atoms with Gasteiger partial charge in [0.2, 0.25) is 27.7 Å². The number of anilines is 1. The summed E-state index contributed by atoms with van der Waals surface area (Å²) in [5.41, 5.74) is -0.585. The van der Waals surface area contributed by atoms with Crippen molar-refractivity contribution in [3.05, 3.63) is 71.2 Å². The number of rotatable bonds is 14. The standard InChI is InChI=1S/C41H47ClN6O8S2/c1-7-8-24-19-41(24,38(51)47-58(52,53)28-14-15-28)46-35(49)32-18-27(56-36-30-17-25(42)11-16-29(30)33(55-6)20-43-36)21-48(32)37(50)34(40(2,3)4)45-39-44-31(22-57-39)23-9-12-26(54-5)13-10-23/h7-13,16-17,20,22,24,27-28,32,34H,14-15,18-19,21H2,1-6H3,(H,44,45)(H,46,49)(H,47,51)/b8-7-/t24-,27-,32+,34-,41-/m1/s1. The Labute approximate surface area is 346 Å². The number of hydrogen-bond acceptors (Lipinski definition) is 12. The van der Waals surface area contributed by atoms with E-state index in [0.717, 1.165) is 11.3 Å². The van der Waals surface area contributed by atoms with Crippen LogP contribution in [0, 0.1) is 11.3 Å². The van der Waals surface area contributed by atoms with E-state index in [2.05, 4.69) is 20.3 Å². The van der Waals surface area contributed by atoms with E-state index in [1.165, 1.54) is 29.5 Å². The zero-order valence-electron chi connectivity index (χ0n) is 33.1. The minimum absolute atomic E-state index is 0.00344. The molecular weight excluding hydrogens is 804 g/mol. The highest BCUT2D eigenvalue weighted by Crippen LogP contribution is 2.46. The van der Waals surface area contributed by atoms with Crippen LogP contribution in [0.3, 0.4) is 0 Å². The summed E-state index contributed by atoms with van der Waals surface area (Å²) < 4.78 is 45.2. The molecule has 4 aromatic rings. The highest BCUT2D eigenvalue weighted by atomic mass is 35.5. The highest BCUT2D eigenvalue weighted by Gasteiger charge is 2.62. The number of nitrogens with one attached hydrogen (secondary N) is 3. The van der Waals surface area contributed by atoms with E-state index in [1.54, 1.807) is 44.4 Å². The van der Waals surface area contributed by atoms with Crippen LogP contribution in [-0.2, 0) is 24.4 Å². The third-order valence-electron chi connectivity index (χ3n) is 10.8. The van der Waals surface area contributed by atoms with Crippen molar-refractivity contribution in [1.82, 2.24) is 24.9 Å². The molecule has 1 aliphatic heterocycles. The van der Waals surface area contributed by atoms with Gasteiger partial charge in [0, 0.05) is 39.1 Å². The molecule has 14 nitrogen and oxygen atoms in total. The molecule has 0 spiro atoms. The van der Waals surface area contributed by atoms with Gasteiger partial charge in [-0.1, -0.05) is 44.5 Å². The summed E-state index contributed by atoms with van der Waals surface area (Å²) in [5, 5.41) is 9.79. The molecule has 17 heteroatoms. The van der Waals surface area contributed by atoms with Crippen LogP contribution in [0.4, 0.5) is 5.13 Å². The Balaban J connectivity index is 1.19. The normalized spacial score (nSPS) is 22.4. The maximum Gasteiger partial charge on any atom is 0.259 e. The molecule has 3 fully saturated rings. The van der Waals surface area contributed by atoms with Crippen molar-refractivity contribution in [2.45, 2.75) is 82.4 Å². The molecule has 2 saturated carbocycles. The lowest BCUT2D eigenvalue weighted by Gasteiger charge is -2.35. The number of carbonyl (C=O) groups excluding carboxylic acids is 3. The molecule has 3 heterocycles. The fourth-order valence-corrected chi connectivity index (χ4v) is 9.61. The summed E-state index contributed by atoms with van der Waals surface area (Å²) in [5.74, 6) is -0.750. The Morgan fingerprint density at radius 1 is 1.07 bits per heavy atom. The molecule has 1 saturated heterocycles. The third-order valence-corrected chi connectivity index (χ3v) is 13.6. The van der Waals surface area contributed by atoms with Crippen molar-refractivity contribution in [2.75, 3.05) is 26.1 Å². The van der Waals surface area contributed by atoms with Gasteiger partial charge in [-0.05, 0) is 74.1 Å². The average molecular weight is 851 g/mol. The number of fused-ring (bicyclic) bond motifs is 1. The van der Waals surface area contributed by atoms with Crippen molar-refractivity contribution >= 4 is 66.6 Å². The van der Waals surface area contributed by atoms with Crippen molar-refractivity contribution in [1.29, 1.82) is 0 Å². The number of halogens is 1. The highest BCUT2D eigenvalue weighted by molar-refractivity contribution is 7.91. The van der Waals surface area contributed by atoms with Crippen LogP contribution in [0.25, 0.3) is 22.0 Å². The lowest BCUT2D eigenvalue weighted by Crippen LogP contribution is -2.58. The largest absolute Gasteiger partial charge is 0.497 e. The summed E-state index contributed by atoms with van der Waals surface area (Å²) in [4.78, 5) is 54.0. The van der Waals surface area contributed by atoms with E-state index in [0.29, 0.717) is 45.2 Å². The van der Waals surface area contributed by atoms with E-state index in [4.69, 9.17) is 30.8 Å². The number of ether oxygens (including phenoxy) is 3. The Kier molecular flexibility index (Phi) is 11.4. The predicted molar refractivity (Wildman–Crippen MR) is 223 cm³/mol. The number of pyridine rings is 1. The van der Waals surface area contributed by atoms with Crippen LogP contribution < -0.4 is 29.6 Å². The first-order valence-corrected chi connectivity index (χ1v) is 21.8. The van der Waals surface area contributed by atoms with Crippen molar-refractivity contribution in [3.63, 3.8) is 0 Å². The van der Waals surface area contributed by atoms with Gasteiger partial charge in [-0.15, -0.1) is 11.3 Å². The molecular formula is C41H47ClN6O8S2. The maximum absolute atomic E-state index is 14.9. The molecule has 2 aromatic carbocycles. The summed E-state index contributed by atoms with van der Waals surface area (Å²) in [6.45, 7) is 7.55. The van der Waals surface area contributed by atoms with Gasteiger partial charge in [-0.2, -0.15) is 0 Å². The first-order valence-electron chi connectivity index (χ1n) is 19.0. The molecule has 3 aliphatic rings. The van der Waals surface area contributed by atoms with E-state index in [-0.39, 0.29) is 31.2 Å². The maximum atomic E-state index is 14.9. The number of allylic oxidation sites excluding steroid dienone is 1. The van der Waals surface area contributed by atoms with Gasteiger partial charge in [0.1, 0.15) is 35.2 Å².